The van der Waals surface area contributed by atoms with E-state index in [1.807, 2.05) is 68.4 Å². The van der Waals surface area contributed by atoms with E-state index in [2.05, 4.69) is 5.32 Å². The summed E-state index contributed by atoms with van der Waals surface area (Å²) in [6.07, 6.45) is 0.723. The number of nitrogens with one attached hydrogen (secondary N) is 1. The Bertz CT molecular complexity index is 1080. The van der Waals surface area contributed by atoms with Gasteiger partial charge in [-0.3, -0.25) is 14.9 Å². The van der Waals surface area contributed by atoms with Crippen LogP contribution in [0.5, 0.6) is 0 Å². The molecule has 0 saturated carbocycles. The quantitative estimate of drug-likeness (QED) is 0.366. The number of rotatable bonds is 11. The molecule has 2 aromatic carbocycles. The third kappa shape index (κ3) is 7.47. The Morgan fingerprint density at radius 2 is 1.74 bits per heavy atom. The zero-order chi connectivity index (χ0) is 24.5. The van der Waals surface area contributed by atoms with Crippen LogP contribution in [-0.4, -0.2) is 31.1 Å². The number of benzene rings is 2. The normalized spacial score (nSPS) is 12.9. The maximum Gasteiger partial charge on any atom is 0.323 e. The molecule has 180 valence electrons. The summed E-state index contributed by atoms with van der Waals surface area (Å²) in [5, 5.41) is 3.76. The van der Waals surface area contributed by atoms with Crippen molar-refractivity contribution in [3.05, 3.63) is 83.1 Å². The Morgan fingerprint density at radius 3 is 2.41 bits per heavy atom. The highest BCUT2D eigenvalue weighted by Crippen LogP contribution is 2.25. The van der Waals surface area contributed by atoms with E-state index >= 15 is 0 Å². The molecule has 1 N–H and O–H groups in total. The molecule has 7 heteroatoms. The van der Waals surface area contributed by atoms with Crippen molar-refractivity contribution in [1.82, 2.24) is 5.32 Å². The molecule has 0 aliphatic carbocycles. The van der Waals surface area contributed by atoms with E-state index in [0.29, 0.717) is 23.0 Å². The summed E-state index contributed by atoms with van der Waals surface area (Å²) < 4.78 is 16.5. The second-order valence-electron chi connectivity index (χ2n) is 8.50. The van der Waals surface area contributed by atoms with Gasteiger partial charge in [-0.15, -0.1) is 0 Å². The van der Waals surface area contributed by atoms with Gasteiger partial charge in [0.2, 0.25) is 0 Å². The van der Waals surface area contributed by atoms with Crippen molar-refractivity contribution in [2.75, 3.05) is 7.11 Å². The number of halogens is 1. The fourth-order valence-corrected chi connectivity index (χ4v) is 3.80. The van der Waals surface area contributed by atoms with Gasteiger partial charge in [-0.1, -0.05) is 67.9 Å². The number of furan rings is 1. The minimum Gasteiger partial charge on any atom is -0.468 e. The first kappa shape index (κ1) is 25.5. The van der Waals surface area contributed by atoms with Crippen LogP contribution in [0.4, 0.5) is 0 Å². The zero-order valence-electron chi connectivity index (χ0n) is 19.6. The lowest BCUT2D eigenvalue weighted by atomic mass is 10.0. The van der Waals surface area contributed by atoms with E-state index in [1.165, 1.54) is 7.11 Å². The van der Waals surface area contributed by atoms with Gasteiger partial charge in [0.1, 0.15) is 30.2 Å². The van der Waals surface area contributed by atoms with Crippen molar-refractivity contribution in [2.45, 2.75) is 45.4 Å². The summed E-state index contributed by atoms with van der Waals surface area (Å²) in [6, 6.07) is 19.0. The number of ether oxygens (including phenoxy) is 2. The van der Waals surface area contributed by atoms with Crippen LogP contribution in [0.15, 0.2) is 71.1 Å². The summed E-state index contributed by atoms with van der Waals surface area (Å²) in [5.74, 6) is 0.537. The maximum absolute atomic E-state index is 12.9. The number of esters is 2. The van der Waals surface area contributed by atoms with Crippen molar-refractivity contribution < 1.29 is 23.5 Å². The molecule has 2 atom stereocenters. The third-order valence-electron chi connectivity index (χ3n) is 5.28. The van der Waals surface area contributed by atoms with E-state index in [-0.39, 0.29) is 18.9 Å². The summed E-state index contributed by atoms with van der Waals surface area (Å²) in [5.41, 5.74) is 1.73. The average Bonchev–Trinajstić information content (AvgIpc) is 3.30. The second kappa shape index (κ2) is 12.4. The molecule has 2 unspecified atom stereocenters. The first-order chi connectivity index (χ1) is 16.4. The lowest BCUT2D eigenvalue weighted by molar-refractivity contribution is -0.149. The van der Waals surface area contributed by atoms with Gasteiger partial charge in [-0.05, 0) is 42.2 Å². The molecule has 0 bridgehead atoms. The van der Waals surface area contributed by atoms with Crippen LogP contribution in [0.1, 0.15) is 31.6 Å². The third-order valence-corrected chi connectivity index (χ3v) is 5.51. The number of carbonyl (C=O) groups excluding carboxylic acids is 2. The van der Waals surface area contributed by atoms with Gasteiger partial charge in [-0.25, -0.2) is 0 Å². The largest absolute Gasteiger partial charge is 0.468 e. The Hall–Kier alpha value is -3.09. The molecular weight excluding hydrogens is 454 g/mol. The first-order valence-electron chi connectivity index (χ1n) is 11.2. The molecule has 3 rings (SSSR count). The van der Waals surface area contributed by atoms with Crippen LogP contribution in [0, 0.1) is 5.92 Å². The van der Waals surface area contributed by atoms with Crippen LogP contribution in [-0.2, 0) is 32.1 Å². The van der Waals surface area contributed by atoms with Gasteiger partial charge in [0.15, 0.2) is 0 Å². The van der Waals surface area contributed by atoms with E-state index in [9.17, 15) is 9.59 Å². The predicted molar refractivity (Wildman–Crippen MR) is 131 cm³/mol. The molecule has 1 heterocycles. The van der Waals surface area contributed by atoms with Crippen LogP contribution in [0.3, 0.4) is 0 Å². The molecule has 34 heavy (non-hydrogen) atoms. The van der Waals surface area contributed by atoms with Crippen molar-refractivity contribution in [3.63, 3.8) is 0 Å². The van der Waals surface area contributed by atoms with Crippen LogP contribution >= 0.6 is 11.6 Å². The van der Waals surface area contributed by atoms with Gasteiger partial charge in [0.05, 0.1) is 7.11 Å². The summed E-state index contributed by atoms with van der Waals surface area (Å²) >= 11 is 6.08. The monoisotopic (exact) mass is 483 g/mol. The Kier molecular flexibility index (Phi) is 9.31. The fourth-order valence-electron chi connectivity index (χ4n) is 3.61. The molecule has 0 saturated heterocycles. The van der Waals surface area contributed by atoms with Gasteiger partial charge in [0, 0.05) is 17.0 Å². The van der Waals surface area contributed by atoms with Crippen molar-refractivity contribution in [2.24, 2.45) is 5.92 Å². The zero-order valence-corrected chi connectivity index (χ0v) is 20.4. The van der Waals surface area contributed by atoms with Gasteiger partial charge in [0.25, 0.3) is 0 Å². The molecule has 0 radical (unpaired) electrons. The van der Waals surface area contributed by atoms with E-state index in [0.717, 1.165) is 11.1 Å². The van der Waals surface area contributed by atoms with Crippen LogP contribution in [0.25, 0.3) is 11.3 Å². The van der Waals surface area contributed by atoms with Crippen molar-refractivity contribution >= 4 is 23.5 Å². The fraction of sp³-hybridized carbons (Fsp3) is 0.333. The van der Waals surface area contributed by atoms with Gasteiger partial charge >= 0.3 is 11.9 Å². The Balaban J connectivity index is 1.72. The molecule has 0 spiro atoms. The number of hydrogen-bond acceptors (Lipinski definition) is 6. The number of methoxy groups -OCH3 is 1. The smallest absolute Gasteiger partial charge is 0.323 e. The molecule has 0 aliphatic heterocycles. The predicted octanol–water partition coefficient (Wildman–Crippen LogP) is 5.43. The molecule has 6 nitrogen and oxygen atoms in total. The summed E-state index contributed by atoms with van der Waals surface area (Å²) in [6.45, 7) is 4.19. The topological polar surface area (TPSA) is 77.8 Å². The molecule has 1 aromatic heterocycles. The van der Waals surface area contributed by atoms with Crippen molar-refractivity contribution in [3.8, 4) is 11.3 Å². The lowest BCUT2D eigenvalue weighted by Crippen LogP contribution is -2.49. The van der Waals surface area contributed by atoms with Gasteiger partial charge < -0.3 is 13.9 Å². The maximum atomic E-state index is 12.9. The van der Waals surface area contributed by atoms with Crippen molar-refractivity contribution in [1.29, 1.82) is 0 Å². The standard InChI is InChI=1S/C27H30ClNO5/c1-18(2)14-23(27(31)33-17-19-8-5-4-6-9-19)29-24(26(30)32-3)16-22-12-13-25(34-22)20-10-7-11-21(28)15-20/h4-13,15,18,23-24,29H,14,16-17H2,1-3H3. The second-order valence-corrected chi connectivity index (χ2v) is 8.93. The highest BCUT2D eigenvalue weighted by molar-refractivity contribution is 6.30. The molecule has 0 fully saturated rings. The summed E-state index contributed by atoms with van der Waals surface area (Å²) in [4.78, 5) is 25.5. The van der Waals surface area contributed by atoms with Gasteiger partial charge in [-0.2, -0.15) is 0 Å². The van der Waals surface area contributed by atoms with E-state index in [4.69, 9.17) is 25.5 Å². The lowest BCUT2D eigenvalue weighted by Gasteiger charge is -2.24. The number of hydrogen-bond donors (Lipinski definition) is 1. The number of carbonyl (C=O) groups is 2. The minimum atomic E-state index is -0.781. The molecular formula is C27H30ClNO5. The van der Waals surface area contributed by atoms with Crippen LogP contribution < -0.4 is 5.32 Å². The highest BCUT2D eigenvalue weighted by atomic mass is 35.5. The minimum absolute atomic E-state index is 0.167. The van der Waals surface area contributed by atoms with Crippen LogP contribution in [0.2, 0.25) is 5.02 Å². The molecule has 0 amide bonds. The average molecular weight is 484 g/mol. The highest BCUT2D eigenvalue weighted by Gasteiger charge is 2.30. The Labute approximate surface area is 205 Å². The molecule has 0 aliphatic rings. The van der Waals surface area contributed by atoms with E-state index in [1.54, 1.807) is 12.1 Å². The SMILES string of the molecule is COC(=O)C(Cc1ccc(-c2cccc(Cl)c2)o1)NC(CC(C)C)C(=O)OCc1ccccc1. The molecule has 3 aromatic rings. The first-order valence-corrected chi connectivity index (χ1v) is 11.6. The van der Waals surface area contributed by atoms with E-state index < -0.39 is 24.0 Å². The Morgan fingerprint density at radius 1 is 0.971 bits per heavy atom. The summed E-state index contributed by atoms with van der Waals surface area (Å²) in [7, 11) is 1.32.